The van der Waals surface area contributed by atoms with Crippen molar-refractivity contribution in [3.8, 4) is 0 Å². The first-order chi connectivity index (χ1) is 70.4. The SMILES string of the molecule is CCC(=O)N[C@H](C(=O)N[C@@H](CCCN=C(N)N)C(=O)N[C@@H](CCCCC(=N)N)C(=O)N[C@H](C(=O)N[C@@H](C)C(=O)N[C@@H](CCCN=C(N)N)C(=O)N1CCCC1C(=O)N1CCCC1C(=O)N[C@@H](CC(C)C)C(N)=O)C(C)C)C(C)CC.CCCCCCCCCCCCCCCC(=O)NCCCC[C@H](NC(=O)CCCCCCCCCCCCCCC)C(=O)N[C@@H](CCCCN)C(=O)N[C@@H](CCCCN)C(=O)NCCCCC. The van der Waals surface area contributed by atoms with Gasteiger partial charge in [-0.3, -0.25) is 87.3 Å². The molecule has 40 heteroatoms. The maximum Gasteiger partial charge on any atom is 0.246 e. The Labute approximate surface area is 880 Å². The van der Waals surface area contributed by atoms with Crippen LogP contribution in [0, 0.1) is 23.2 Å². The second-order valence-corrected chi connectivity index (χ2v) is 41.2. The molecule has 0 aromatic carbocycles. The number of hydrogen-bond acceptors (Lipinski definition) is 20. The molecule has 2 fully saturated rings. The van der Waals surface area contributed by atoms with E-state index in [1.54, 1.807) is 27.7 Å². The molecule has 2 aliphatic heterocycles. The zero-order valence-electron chi connectivity index (χ0n) is 92.2. The summed E-state index contributed by atoms with van der Waals surface area (Å²) in [4.78, 5) is 215. The fraction of sp³-hybridized carbons (Fsp3) is 0.832. The van der Waals surface area contributed by atoms with Gasteiger partial charge in [0.1, 0.15) is 72.5 Å². The van der Waals surface area contributed by atoms with Crippen molar-refractivity contribution >= 4 is 106 Å². The standard InChI is InChI=1S/C55H109N7O5.C52H94N18O10/c1-4-7-10-12-14-16-18-20-22-24-26-28-30-42-51(63)58-46-38-34-41-49(60-52(64)43-31-29-27-25-23-21-19-17-15-13-11-8-5-2)54(66)62-50(40-33-36-45-57)55(67)61-48(39-32-35-44-56)53(65)59-47-37-9-6-3;1-9-30(7)41(67-39(71)10-2)48(78)64-33(18-13-23-60-51(56)57)44(74)63-32(17-11-12-22-38(53)54)45(75)68-40(29(5)6)47(77)62-31(8)43(73)65-34(19-14-24-61-52(58)59)49(79)70-26-16-21-37(70)50(80)69-25-15-20-36(69)46(76)66-35(42(55)72)27-28(3)4/h48-50H,4-47,56-57H2,1-3H3,(H,58,63)(H,59,65)(H,60,64)(H,61,67)(H,62,66);28-37,40-41H,9-27H2,1-8H3,(H3,53,54)(H2,55,72)(H,62,77)(H,63,74)(H,64,78)(H,65,73)(H,66,76)(H,67,71)(H,68,75)(H4,56,57,60)(H4,58,59,61)/t48-,49-,50-;30?,31-,32-,33-,34-,35-,36?,37?,40-,41-/m00/s1. The lowest BCUT2D eigenvalue weighted by Gasteiger charge is -2.33. The third-order valence-corrected chi connectivity index (χ3v) is 27.3. The van der Waals surface area contributed by atoms with Crippen molar-refractivity contribution in [2.45, 2.75) is 502 Å². The molecule has 2 aliphatic rings. The Morgan fingerprint density at radius 3 is 1.16 bits per heavy atom. The molecule has 40 nitrogen and oxygen atoms in total. The molecule has 15 amide bonds. The van der Waals surface area contributed by atoms with E-state index >= 15 is 0 Å². The zero-order valence-corrected chi connectivity index (χ0v) is 92.2. The van der Waals surface area contributed by atoms with Gasteiger partial charge in [0.2, 0.25) is 88.6 Å². The van der Waals surface area contributed by atoms with Gasteiger partial charge < -0.3 is 119 Å². The molecule has 0 saturated carbocycles. The molecule has 2 rings (SSSR count). The molecule has 147 heavy (non-hydrogen) atoms. The van der Waals surface area contributed by atoms with Gasteiger partial charge in [-0.15, -0.1) is 0 Å². The Hall–Kier alpha value is -10.0. The Morgan fingerprint density at radius 2 is 0.714 bits per heavy atom. The lowest BCUT2D eigenvalue weighted by Crippen LogP contribution is -2.61. The highest BCUT2D eigenvalue weighted by atomic mass is 16.2. The Morgan fingerprint density at radius 1 is 0.340 bits per heavy atom. The van der Waals surface area contributed by atoms with Crippen LogP contribution in [0.1, 0.15) is 429 Å². The van der Waals surface area contributed by atoms with E-state index < -0.39 is 143 Å². The van der Waals surface area contributed by atoms with E-state index in [0.717, 1.165) is 57.8 Å². The summed E-state index contributed by atoms with van der Waals surface area (Å²) in [5.74, 6) is -8.75. The van der Waals surface area contributed by atoms with E-state index in [1.165, 1.54) is 152 Å². The molecular formula is C107H203N25O15. The van der Waals surface area contributed by atoms with Crippen molar-refractivity contribution in [3.63, 3.8) is 0 Å². The topological polar surface area (TPSA) is 664 Å². The number of carbonyl (C=O) groups is 15. The highest BCUT2D eigenvalue weighted by Gasteiger charge is 2.45. The molecule has 0 aromatic heterocycles. The minimum absolute atomic E-state index is 0.0252. The smallest absolute Gasteiger partial charge is 0.246 e. The molecule has 0 aliphatic carbocycles. The highest BCUT2D eigenvalue weighted by Crippen LogP contribution is 2.28. The molecule has 0 bridgehead atoms. The first kappa shape index (κ1) is 135. The Balaban J connectivity index is 0.00000149. The fourth-order valence-electron chi connectivity index (χ4n) is 18.1. The first-order valence-corrected chi connectivity index (χ1v) is 56.7. The summed E-state index contributed by atoms with van der Waals surface area (Å²) in [6, 6.07) is -12.5. The molecule has 29 N–H and O–H groups in total. The van der Waals surface area contributed by atoms with Crippen LogP contribution in [0.2, 0.25) is 0 Å². The third kappa shape index (κ3) is 62.9. The van der Waals surface area contributed by atoms with Crippen LogP contribution >= 0.6 is 0 Å². The number of nitrogens with zero attached hydrogens (tertiary/aromatic N) is 4. The number of rotatable bonds is 86. The van der Waals surface area contributed by atoms with Gasteiger partial charge in [-0.1, -0.05) is 249 Å². The number of carbonyl (C=O) groups excluding carboxylic acids is 15. The van der Waals surface area contributed by atoms with Crippen molar-refractivity contribution in [1.29, 1.82) is 5.41 Å². The van der Waals surface area contributed by atoms with Crippen LogP contribution in [-0.4, -0.2) is 241 Å². The largest absolute Gasteiger partial charge is 0.388 e. The summed E-state index contributed by atoms with van der Waals surface area (Å²) in [6.07, 6.45) is 45.3. The van der Waals surface area contributed by atoms with Crippen LogP contribution in [0.3, 0.4) is 0 Å². The predicted molar refractivity (Wildman–Crippen MR) is 584 cm³/mol. The number of nitrogens with one attached hydrogen (secondary N) is 13. The summed E-state index contributed by atoms with van der Waals surface area (Å²) in [7, 11) is 0. The van der Waals surface area contributed by atoms with Crippen molar-refractivity contribution in [3.05, 3.63) is 0 Å². The van der Waals surface area contributed by atoms with Crippen molar-refractivity contribution in [2.75, 3.05) is 52.4 Å². The number of amidine groups is 1. The molecule has 13 atom stereocenters. The molecule has 2 heterocycles. The van der Waals surface area contributed by atoms with E-state index in [2.05, 4.69) is 94.6 Å². The number of hydrogen-bond donors (Lipinski definition) is 21. The van der Waals surface area contributed by atoms with E-state index in [9.17, 15) is 71.9 Å². The molecular weight excluding hydrogens is 1880 g/mol. The number of aliphatic imine (C=N–C) groups is 2. The lowest BCUT2D eigenvalue weighted by atomic mass is 9.97. The van der Waals surface area contributed by atoms with Crippen LogP contribution in [0.25, 0.3) is 0 Å². The van der Waals surface area contributed by atoms with Gasteiger partial charge in [-0.2, -0.15) is 0 Å². The molecule has 3 unspecified atom stereocenters. The van der Waals surface area contributed by atoms with Gasteiger partial charge in [0.05, 0.1) is 5.84 Å². The first-order valence-electron chi connectivity index (χ1n) is 56.7. The number of primary amides is 1. The van der Waals surface area contributed by atoms with Crippen LogP contribution in [0.5, 0.6) is 0 Å². The summed E-state index contributed by atoms with van der Waals surface area (Å²) in [5.41, 5.74) is 44.8. The van der Waals surface area contributed by atoms with Gasteiger partial charge in [0.15, 0.2) is 11.9 Å². The molecule has 0 spiro atoms. The normalized spacial score (nSPS) is 15.5. The van der Waals surface area contributed by atoms with Crippen LogP contribution in [0.15, 0.2) is 9.98 Å². The number of amides is 15. The summed E-state index contributed by atoms with van der Waals surface area (Å²) in [6.45, 7) is 23.0. The average Bonchev–Trinajstić information content (AvgIpc) is 1.66. The van der Waals surface area contributed by atoms with Crippen LogP contribution in [0.4, 0.5) is 0 Å². The van der Waals surface area contributed by atoms with Crippen molar-refractivity contribution < 1.29 is 71.9 Å². The van der Waals surface area contributed by atoms with Gasteiger partial charge >= 0.3 is 0 Å². The maximum absolute atomic E-state index is 14.5. The predicted octanol–water partition coefficient (Wildman–Crippen LogP) is 8.88. The lowest BCUT2D eigenvalue weighted by molar-refractivity contribution is -0.148. The van der Waals surface area contributed by atoms with E-state index in [0.29, 0.717) is 135 Å². The zero-order chi connectivity index (χ0) is 110. The van der Waals surface area contributed by atoms with E-state index in [1.807, 2.05) is 20.8 Å². The third-order valence-electron chi connectivity index (χ3n) is 27.3. The number of unbranched alkanes of at least 4 members (excludes halogenated alkanes) is 30. The number of guanidine groups is 2. The average molecular weight is 2080 g/mol. The highest BCUT2D eigenvalue weighted by molar-refractivity contribution is 6.00. The van der Waals surface area contributed by atoms with Gasteiger partial charge in [0.25, 0.3) is 0 Å². The van der Waals surface area contributed by atoms with E-state index in [-0.39, 0.29) is 131 Å². The molecule has 846 valence electrons. The quantitative estimate of drug-likeness (QED) is 0.0153. The van der Waals surface area contributed by atoms with Gasteiger partial charge in [-0.05, 0) is 185 Å². The number of nitrogens with two attached hydrogens (primary N) is 8. The second kappa shape index (κ2) is 83.8. The van der Waals surface area contributed by atoms with Crippen molar-refractivity contribution in [1.82, 2.24) is 73.6 Å². The van der Waals surface area contributed by atoms with Crippen LogP contribution < -0.4 is 110 Å². The van der Waals surface area contributed by atoms with Gasteiger partial charge in [-0.25, -0.2) is 0 Å². The monoisotopic (exact) mass is 2080 g/mol. The van der Waals surface area contributed by atoms with E-state index in [4.69, 9.17) is 51.3 Å². The minimum atomic E-state index is -1.29. The minimum Gasteiger partial charge on any atom is -0.388 e. The maximum atomic E-state index is 14.5. The second-order valence-electron chi connectivity index (χ2n) is 41.2. The molecule has 0 radical (unpaired) electrons. The number of likely N-dealkylation sites (tertiary alicyclic amines) is 2. The van der Waals surface area contributed by atoms with Crippen molar-refractivity contribution in [2.24, 2.45) is 73.6 Å². The van der Waals surface area contributed by atoms with Crippen LogP contribution in [-0.2, 0) is 71.9 Å². The Kier molecular flexibility index (Phi) is 76.9. The summed E-state index contributed by atoms with van der Waals surface area (Å²) in [5, 5.41) is 41.6. The fourth-order valence-corrected chi connectivity index (χ4v) is 18.1. The summed E-state index contributed by atoms with van der Waals surface area (Å²) >= 11 is 0. The Bertz CT molecular complexity index is 3830. The molecule has 0 aromatic rings. The summed E-state index contributed by atoms with van der Waals surface area (Å²) < 4.78 is 0. The van der Waals surface area contributed by atoms with Gasteiger partial charge in [0, 0.05) is 65.0 Å². The molecule has 2 saturated heterocycles.